The molecular formula is C54H66N12O6. The fraction of sp³-hybridized carbons (Fsp3) is 0.333. The van der Waals surface area contributed by atoms with Crippen molar-refractivity contribution in [2.45, 2.75) is 121 Å². The highest BCUT2D eigenvalue weighted by Gasteiger charge is 2.25. The topological polar surface area (TPSA) is 247 Å². The van der Waals surface area contributed by atoms with Crippen LogP contribution in [0.1, 0.15) is 104 Å². The van der Waals surface area contributed by atoms with Crippen molar-refractivity contribution in [3.63, 3.8) is 0 Å². The van der Waals surface area contributed by atoms with Gasteiger partial charge >= 0.3 is 36.2 Å². The van der Waals surface area contributed by atoms with Gasteiger partial charge in [-0.05, 0) is 181 Å². The quantitative estimate of drug-likeness (QED) is 0.0838. The number of carbonyl (C=O) groups excluding carboxylic acids is 6. The summed E-state index contributed by atoms with van der Waals surface area (Å²) >= 11 is 0. The van der Waals surface area contributed by atoms with Crippen molar-refractivity contribution in [3.05, 3.63) is 138 Å². The average molecular weight is 979 g/mol. The average Bonchev–Trinajstić information content (AvgIpc) is 3.33. The van der Waals surface area contributed by atoms with Gasteiger partial charge in [-0.15, -0.1) is 0 Å². The lowest BCUT2D eigenvalue weighted by atomic mass is 9.83. The Labute approximate surface area is 420 Å². The molecule has 8 rings (SSSR count). The van der Waals surface area contributed by atoms with Crippen molar-refractivity contribution in [2.75, 3.05) is 31.9 Å². The Kier molecular flexibility index (Phi) is 16.2. The predicted molar refractivity (Wildman–Crippen MR) is 284 cm³/mol. The molecule has 0 unspecified atom stereocenters. The molecule has 18 nitrogen and oxygen atoms in total. The molecule has 6 bridgehead atoms. The van der Waals surface area contributed by atoms with Crippen LogP contribution in [0.3, 0.4) is 0 Å². The first-order valence-electron chi connectivity index (χ1n) is 24.4. The van der Waals surface area contributed by atoms with Gasteiger partial charge in [0, 0.05) is 39.3 Å². The number of rotatable bonds is 3. The van der Waals surface area contributed by atoms with Gasteiger partial charge in [-0.1, -0.05) is 39.0 Å². The molecule has 378 valence electrons. The minimum Gasteiger partial charge on any atom is -0.334 e. The molecule has 5 aromatic carbocycles. The zero-order chi connectivity index (χ0) is 51.8. The molecule has 12 amide bonds. The van der Waals surface area contributed by atoms with Gasteiger partial charge in [-0.3, -0.25) is 0 Å². The molecule has 0 spiro atoms. The summed E-state index contributed by atoms with van der Waals surface area (Å²) in [6.07, 6.45) is 1.65. The largest absolute Gasteiger partial charge is 0.334 e. The second kappa shape index (κ2) is 22.6. The van der Waals surface area contributed by atoms with E-state index in [0.29, 0.717) is 53.4 Å². The lowest BCUT2D eigenvalue weighted by Gasteiger charge is -2.27. The SMILES string of the molecule is CCc1c2c(CC)c3c(CC)c1CNC(=O)Nc1cc(C)ccc1NC(=O)NCc1c(C)c(c(C)c(c1C)CNC(=O)Nc1ccc(C)cc1NC(=O)NC3)CNC(=O)Nc1ccc(C)cc1NC(=O)NC2. The Morgan fingerprint density at radius 3 is 0.736 bits per heavy atom. The number of nitrogens with one attached hydrogen (secondary N) is 12. The number of hydrogen-bond acceptors (Lipinski definition) is 6. The summed E-state index contributed by atoms with van der Waals surface area (Å²) in [7, 11) is 0. The van der Waals surface area contributed by atoms with Gasteiger partial charge < -0.3 is 63.8 Å². The highest BCUT2D eigenvalue weighted by Crippen LogP contribution is 2.33. The van der Waals surface area contributed by atoms with Gasteiger partial charge in [0.2, 0.25) is 0 Å². The van der Waals surface area contributed by atoms with Crippen LogP contribution in [0.25, 0.3) is 0 Å². The number of anilines is 6. The summed E-state index contributed by atoms with van der Waals surface area (Å²) in [6, 6.07) is 12.9. The van der Waals surface area contributed by atoms with E-state index < -0.39 is 36.2 Å². The summed E-state index contributed by atoms with van der Waals surface area (Å²) in [5.74, 6) is 0. The number of urea groups is 6. The number of hydrogen-bond donors (Lipinski definition) is 12. The first-order chi connectivity index (χ1) is 34.5. The van der Waals surface area contributed by atoms with Crippen molar-refractivity contribution in [1.29, 1.82) is 0 Å². The van der Waals surface area contributed by atoms with Crippen LogP contribution in [-0.4, -0.2) is 36.2 Å². The van der Waals surface area contributed by atoms with Crippen LogP contribution in [0.4, 0.5) is 62.9 Å². The van der Waals surface area contributed by atoms with E-state index in [0.717, 1.165) is 83.5 Å². The molecule has 0 saturated carbocycles. The van der Waals surface area contributed by atoms with Crippen LogP contribution in [0, 0.1) is 41.5 Å². The monoisotopic (exact) mass is 979 g/mol. The van der Waals surface area contributed by atoms with E-state index in [1.807, 2.05) is 80.5 Å². The molecule has 0 aliphatic carbocycles. The second-order valence-corrected chi connectivity index (χ2v) is 18.2. The summed E-state index contributed by atoms with van der Waals surface area (Å²) in [4.78, 5) is 83.5. The normalized spacial score (nSPS) is 15.0. The highest BCUT2D eigenvalue weighted by atomic mass is 16.2. The smallest absolute Gasteiger partial charge is 0.319 e. The molecule has 0 radical (unpaired) electrons. The molecule has 0 aromatic heterocycles. The summed E-state index contributed by atoms with van der Waals surface area (Å²) in [6.45, 7) is 17.9. The van der Waals surface area contributed by atoms with Gasteiger partial charge in [-0.25, -0.2) is 28.8 Å². The molecule has 3 heterocycles. The molecule has 0 fully saturated rings. The third-order valence-electron chi connectivity index (χ3n) is 13.5. The number of amides is 12. The maximum absolute atomic E-state index is 14.0. The van der Waals surface area contributed by atoms with Gasteiger partial charge in [-0.2, -0.15) is 0 Å². The van der Waals surface area contributed by atoms with E-state index in [4.69, 9.17) is 0 Å². The van der Waals surface area contributed by atoms with Crippen LogP contribution in [0.2, 0.25) is 0 Å². The van der Waals surface area contributed by atoms with Crippen LogP contribution < -0.4 is 63.8 Å². The predicted octanol–water partition coefficient (Wildman–Crippen LogP) is 9.78. The lowest BCUT2D eigenvalue weighted by molar-refractivity contribution is 0.250. The van der Waals surface area contributed by atoms with Gasteiger partial charge in [0.1, 0.15) is 0 Å². The number of carbonyl (C=O) groups is 6. The fourth-order valence-corrected chi connectivity index (χ4v) is 9.82. The Morgan fingerprint density at radius 1 is 0.306 bits per heavy atom. The molecule has 12 N–H and O–H groups in total. The van der Waals surface area contributed by atoms with E-state index in [9.17, 15) is 28.8 Å². The molecule has 5 aromatic rings. The van der Waals surface area contributed by atoms with Crippen molar-refractivity contribution in [1.82, 2.24) is 31.9 Å². The van der Waals surface area contributed by atoms with E-state index in [-0.39, 0.29) is 39.3 Å². The first kappa shape index (κ1) is 51.6. The Hall–Kier alpha value is -8.28. The zero-order valence-electron chi connectivity index (χ0n) is 42.5. The van der Waals surface area contributed by atoms with E-state index >= 15 is 0 Å². The van der Waals surface area contributed by atoms with E-state index in [1.54, 1.807) is 36.4 Å². The standard InChI is InChI=1S/C54H66N12O6/c1-10-34-40-25-58-52(70)64-46-19-28(4)13-16-43(46)61-49(67)55-22-37-31(7)38-23-56-50(68)62-44-17-14-29(5)20-47(44)65-53(71)59-26-41(34)36(12-3)42(35(40)11-2)27-60-54(72)66-48-21-30(6)15-18-45(48)63-51(69)57-24-39(32(37)8)33(38)9/h13-21H,10-12,22-27H2,1-9H3,(H2,55,61,67)(H2,56,62,68)(H2,57,63,69)(H2,58,64,70)(H2,59,65,71)(H2,60,66,72). The molecular weight excluding hydrogens is 913 g/mol. The van der Waals surface area contributed by atoms with Crippen molar-refractivity contribution < 1.29 is 28.8 Å². The third-order valence-corrected chi connectivity index (χ3v) is 13.5. The van der Waals surface area contributed by atoms with Crippen LogP contribution >= 0.6 is 0 Å². The van der Waals surface area contributed by atoms with Crippen LogP contribution in [0.15, 0.2) is 54.6 Å². The van der Waals surface area contributed by atoms with Gasteiger partial charge in [0.25, 0.3) is 0 Å². The third kappa shape index (κ3) is 11.8. The number of benzene rings is 5. The van der Waals surface area contributed by atoms with E-state index in [1.165, 1.54) is 0 Å². The molecule has 3 aliphatic heterocycles. The molecule has 0 saturated heterocycles. The van der Waals surface area contributed by atoms with E-state index in [2.05, 4.69) is 63.8 Å². The number of fused-ring (bicyclic) bond motifs is 18. The number of aryl methyl sites for hydroxylation is 3. The van der Waals surface area contributed by atoms with Gasteiger partial charge in [0.15, 0.2) is 0 Å². The maximum atomic E-state index is 14.0. The molecule has 3 aliphatic rings. The fourth-order valence-electron chi connectivity index (χ4n) is 9.82. The molecule has 18 heteroatoms. The minimum absolute atomic E-state index is 0.0680. The van der Waals surface area contributed by atoms with Crippen LogP contribution in [-0.2, 0) is 58.5 Å². The summed E-state index contributed by atoms with van der Waals surface area (Å²) in [5, 5.41) is 35.8. The zero-order valence-corrected chi connectivity index (χ0v) is 42.5. The second-order valence-electron chi connectivity index (χ2n) is 18.2. The van der Waals surface area contributed by atoms with Crippen molar-refractivity contribution in [2.24, 2.45) is 0 Å². The Bertz CT molecular complexity index is 2630. The van der Waals surface area contributed by atoms with Gasteiger partial charge in [0.05, 0.1) is 34.1 Å². The molecule has 0 atom stereocenters. The maximum Gasteiger partial charge on any atom is 0.319 e. The Morgan fingerprint density at radius 2 is 0.514 bits per heavy atom. The van der Waals surface area contributed by atoms with Crippen molar-refractivity contribution >= 4 is 70.3 Å². The Balaban J connectivity index is 1.41. The summed E-state index contributed by atoms with van der Waals surface area (Å²) in [5.41, 5.74) is 14.8. The highest BCUT2D eigenvalue weighted by molar-refractivity contribution is 6.01. The van der Waals surface area contributed by atoms with Crippen LogP contribution in [0.5, 0.6) is 0 Å². The lowest BCUT2D eigenvalue weighted by Crippen LogP contribution is -2.34. The van der Waals surface area contributed by atoms with Crippen molar-refractivity contribution in [3.8, 4) is 0 Å². The molecule has 72 heavy (non-hydrogen) atoms. The minimum atomic E-state index is -0.525. The summed E-state index contributed by atoms with van der Waals surface area (Å²) < 4.78 is 0. The first-order valence-corrected chi connectivity index (χ1v) is 24.4.